The second-order valence-electron chi connectivity index (χ2n) is 4.37. The van der Waals surface area contributed by atoms with E-state index < -0.39 is 17.3 Å². The number of rotatable bonds is 3. The maximum atomic E-state index is 13.6. The molecule has 4 nitrogen and oxygen atoms in total. The van der Waals surface area contributed by atoms with Crippen molar-refractivity contribution in [3.8, 4) is 0 Å². The number of benzene rings is 1. The lowest BCUT2D eigenvalue weighted by Gasteiger charge is -2.11. The van der Waals surface area contributed by atoms with Crippen LogP contribution in [0.1, 0.15) is 21.5 Å². The van der Waals surface area contributed by atoms with E-state index in [0.29, 0.717) is 15.6 Å². The summed E-state index contributed by atoms with van der Waals surface area (Å²) in [5.41, 5.74) is 5.46. The molecule has 2 aromatic rings. The number of pyridine rings is 1. The molecule has 6 heteroatoms. The Morgan fingerprint density at radius 3 is 2.65 bits per heavy atom. The summed E-state index contributed by atoms with van der Waals surface area (Å²) in [5, 5.41) is 0. The van der Waals surface area contributed by atoms with Gasteiger partial charge in [-0.15, -0.1) is 0 Å². The normalized spacial score (nSPS) is 10.6. The molecule has 0 bridgehead atoms. The Morgan fingerprint density at radius 1 is 1.40 bits per heavy atom. The Kier molecular flexibility index (Phi) is 4.04. The molecule has 0 unspecified atom stereocenters. The van der Waals surface area contributed by atoms with Crippen molar-refractivity contribution in [3.05, 3.63) is 67.8 Å². The molecule has 20 heavy (non-hydrogen) atoms. The smallest absolute Gasteiger partial charge is 0.264 e. The highest BCUT2D eigenvalue weighted by atomic mass is 79.9. The fourth-order valence-electron chi connectivity index (χ4n) is 1.93. The first-order valence-electron chi connectivity index (χ1n) is 5.84. The van der Waals surface area contributed by atoms with Crippen LogP contribution in [0.15, 0.2) is 39.7 Å². The quantitative estimate of drug-likeness (QED) is 0.932. The third-order valence-electron chi connectivity index (χ3n) is 3.02. The first kappa shape index (κ1) is 14.5. The van der Waals surface area contributed by atoms with E-state index in [0.717, 1.165) is 0 Å². The lowest BCUT2D eigenvalue weighted by atomic mass is 10.1. The van der Waals surface area contributed by atoms with E-state index >= 15 is 0 Å². The second-order valence-corrected chi connectivity index (χ2v) is 5.22. The molecule has 104 valence electrons. The molecular weight excluding hydrogens is 327 g/mol. The van der Waals surface area contributed by atoms with E-state index in [4.69, 9.17) is 5.73 Å². The van der Waals surface area contributed by atoms with Crippen molar-refractivity contribution in [3.63, 3.8) is 0 Å². The molecule has 0 atom stereocenters. The van der Waals surface area contributed by atoms with E-state index in [1.807, 2.05) is 0 Å². The van der Waals surface area contributed by atoms with Gasteiger partial charge in [-0.1, -0.05) is 18.2 Å². The number of amides is 1. The highest BCUT2D eigenvalue weighted by Gasteiger charge is 2.16. The van der Waals surface area contributed by atoms with Crippen LogP contribution in [0.3, 0.4) is 0 Å². The molecule has 0 aliphatic heterocycles. The average molecular weight is 339 g/mol. The van der Waals surface area contributed by atoms with Gasteiger partial charge in [0.1, 0.15) is 11.4 Å². The zero-order chi connectivity index (χ0) is 14.9. The first-order chi connectivity index (χ1) is 9.41. The van der Waals surface area contributed by atoms with Crippen molar-refractivity contribution >= 4 is 21.8 Å². The zero-order valence-corrected chi connectivity index (χ0v) is 12.3. The number of aromatic nitrogens is 1. The van der Waals surface area contributed by atoms with Gasteiger partial charge in [0.2, 0.25) is 0 Å². The predicted molar refractivity (Wildman–Crippen MR) is 77.2 cm³/mol. The van der Waals surface area contributed by atoms with Crippen LogP contribution >= 0.6 is 15.9 Å². The van der Waals surface area contributed by atoms with Crippen LogP contribution in [-0.2, 0) is 6.54 Å². The van der Waals surface area contributed by atoms with E-state index in [1.54, 1.807) is 25.1 Å². The lowest BCUT2D eigenvalue weighted by Crippen LogP contribution is -2.31. The Morgan fingerprint density at radius 2 is 2.05 bits per heavy atom. The number of nitrogens with two attached hydrogens (primary N) is 1. The van der Waals surface area contributed by atoms with Gasteiger partial charge in [-0.2, -0.15) is 0 Å². The van der Waals surface area contributed by atoms with Gasteiger partial charge in [0.25, 0.3) is 11.5 Å². The molecule has 0 aliphatic rings. The molecule has 0 spiro atoms. The summed E-state index contributed by atoms with van der Waals surface area (Å²) in [5.74, 6) is -1.20. The van der Waals surface area contributed by atoms with Crippen LogP contribution in [0.25, 0.3) is 0 Å². The van der Waals surface area contributed by atoms with Gasteiger partial charge in [0.05, 0.1) is 6.54 Å². The number of primary amides is 1. The molecule has 1 amide bonds. The summed E-state index contributed by atoms with van der Waals surface area (Å²) in [7, 11) is 0. The summed E-state index contributed by atoms with van der Waals surface area (Å²) in [6, 6.07) is 6.15. The molecule has 0 radical (unpaired) electrons. The van der Waals surface area contributed by atoms with E-state index in [9.17, 15) is 14.0 Å². The maximum absolute atomic E-state index is 13.6. The molecule has 2 N–H and O–H groups in total. The molecule has 0 aliphatic carbocycles. The minimum Gasteiger partial charge on any atom is -0.365 e. The lowest BCUT2D eigenvalue weighted by molar-refractivity contribution is 0.0997. The summed E-state index contributed by atoms with van der Waals surface area (Å²) in [6.07, 6.45) is 1.52. The number of hydrogen-bond acceptors (Lipinski definition) is 2. The Balaban J connectivity index is 2.57. The Hall–Kier alpha value is -1.95. The number of carbonyl (C=O) groups is 1. The van der Waals surface area contributed by atoms with Crippen LogP contribution in [-0.4, -0.2) is 10.5 Å². The van der Waals surface area contributed by atoms with Gasteiger partial charge in [-0.25, -0.2) is 4.39 Å². The summed E-state index contributed by atoms with van der Waals surface area (Å²) in [4.78, 5) is 23.6. The van der Waals surface area contributed by atoms with Gasteiger partial charge in [-0.3, -0.25) is 9.59 Å². The summed E-state index contributed by atoms with van der Waals surface area (Å²) >= 11 is 3.27. The molecule has 0 saturated carbocycles. The monoisotopic (exact) mass is 338 g/mol. The Labute approximate surface area is 123 Å². The van der Waals surface area contributed by atoms with Gasteiger partial charge in [0, 0.05) is 16.2 Å². The van der Waals surface area contributed by atoms with Crippen molar-refractivity contribution in [1.82, 2.24) is 4.57 Å². The SMILES string of the molecule is Cc1c(Br)cn(Cc2ccccc2F)c(=O)c1C(N)=O. The molecular formula is C14H12BrFN2O2. The summed E-state index contributed by atoms with van der Waals surface area (Å²) < 4.78 is 15.5. The van der Waals surface area contributed by atoms with E-state index in [2.05, 4.69) is 15.9 Å². The minimum atomic E-state index is -0.795. The van der Waals surface area contributed by atoms with Gasteiger partial charge < -0.3 is 10.3 Å². The third kappa shape index (κ3) is 2.65. The van der Waals surface area contributed by atoms with Crippen molar-refractivity contribution in [2.75, 3.05) is 0 Å². The van der Waals surface area contributed by atoms with Gasteiger partial charge in [0.15, 0.2) is 0 Å². The van der Waals surface area contributed by atoms with Crippen LogP contribution in [0.5, 0.6) is 0 Å². The maximum Gasteiger partial charge on any atom is 0.264 e. The van der Waals surface area contributed by atoms with Crippen LogP contribution < -0.4 is 11.3 Å². The number of hydrogen-bond donors (Lipinski definition) is 1. The van der Waals surface area contributed by atoms with Crippen molar-refractivity contribution in [2.45, 2.75) is 13.5 Å². The Bertz CT molecular complexity index is 740. The molecule has 1 heterocycles. The number of nitrogens with zero attached hydrogens (tertiary/aromatic N) is 1. The number of halogens is 2. The van der Waals surface area contributed by atoms with Gasteiger partial charge >= 0.3 is 0 Å². The standard InChI is InChI=1S/C14H12BrFN2O2/c1-8-10(15)7-18(14(20)12(8)13(17)19)6-9-4-2-3-5-11(9)16/h2-5,7H,6H2,1H3,(H2,17,19). The molecule has 0 fully saturated rings. The third-order valence-corrected chi connectivity index (χ3v) is 3.82. The fourth-order valence-corrected chi connectivity index (χ4v) is 2.38. The van der Waals surface area contributed by atoms with Crippen LogP contribution in [0.2, 0.25) is 0 Å². The second kappa shape index (κ2) is 5.58. The van der Waals surface area contributed by atoms with Crippen molar-refractivity contribution < 1.29 is 9.18 Å². The fraction of sp³-hybridized carbons (Fsp3) is 0.143. The van der Waals surface area contributed by atoms with Crippen molar-refractivity contribution in [1.29, 1.82) is 0 Å². The highest BCUT2D eigenvalue weighted by molar-refractivity contribution is 9.10. The predicted octanol–water partition coefficient (Wildman–Crippen LogP) is 2.21. The molecule has 2 rings (SSSR count). The topological polar surface area (TPSA) is 65.1 Å². The zero-order valence-electron chi connectivity index (χ0n) is 10.7. The highest BCUT2D eigenvalue weighted by Crippen LogP contribution is 2.17. The average Bonchev–Trinajstić information content (AvgIpc) is 2.38. The molecule has 1 aromatic carbocycles. The minimum absolute atomic E-state index is 0.0324. The largest absolute Gasteiger partial charge is 0.365 e. The van der Waals surface area contributed by atoms with E-state index in [-0.39, 0.29) is 12.1 Å². The van der Waals surface area contributed by atoms with E-state index in [1.165, 1.54) is 16.8 Å². The van der Waals surface area contributed by atoms with Crippen molar-refractivity contribution in [2.24, 2.45) is 5.73 Å². The first-order valence-corrected chi connectivity index (χ1v) is 6.64. The molecule has 1 aromatic heterocycles. The van der Waals surface area contributed by atoms with Gasteiger partial charge in [-0.05, 0) is 34.5 Å². The number of carbonyl (C=O) groups excluding carboxylic acids is 1. The van der Waals surface area contributed by atoms with Crippen LogP contribution in [0, 0.1) is 12.7 Å². The van der Waals surface area contributed by atoms with Crippen LogP contribution in [0.4, 0.5) is 4.39 Å². The molecule has 0 saturated heterocycles. The summed E-state index contributed by atoms with van der Waals surface area (Å²) in [6.45, 7) is 1.66.